The number of hydrogen-bond acceptors (Lipinski definition) is 5. The van der Waals surface area contributed by atoms with Crippen molar-refractivity contribution in [1.82, 2.24) is 5.09 Å². The molecule has 1 N–H and O–H groups in total. The third-order valence-corrected chi connectivity index (χ3v) is 4.60. The third kappa shape index (κ3) is 5.77. The monoisotopic (exact) mass is 437 g/mol. The average molecular weight is 437 g/mol. The molecule has 0 aliphatic carbocycles. The van der Waals surface area contributed by atoms with Crippen LogP contribution >= 0.6 is 8.53 Å². The number of benzene rings is 2. The molecular formula is C18H17F5NO4P. The summed E-state index contributed by atoms with van der Waals surface area (Å²) >= 11 is 0. The first kappa shape index (κ1) is 22.8. The van der Waals surface area contributed by atoms with Gasteiger partial charge in [0.05, 0.1) is 6.10 Å². The highest BCUT2D eigenvalue weighted by Gasteiger charge is 2.32. The highest BCUT2D eigenvalue weighted by atomic mass is 31.2. The summed E-state index contributed by atoms with van der Waals surface area (Å²) in [5, 5.41) is 2.50. The van der Waals surface area contributed by atoms with E-state index in [0.29, 0.717) is 0 Å². The number of nitrogens with one attached hydrogen (secondary N) is 1. The maximum atomic E-state index is 14.0. The highest BCUT2D eigenvalue weighted by molar-refractivity contribution is 7.45. The van der Waals surface area contributed by atoms with Crippen molar-refractivity contribution >= 4 is 14.5 Å². The molecule has 0 spiro atoms. The first-order valence-electron chi connectivity index (χ1n) is 8.31. The summed E-state index contributed by atoms with van der Waals surface area (Å²) in [7, 11) is -2.56. The van der Waals surface area contributed by atoms with Crippen LogP contribution in [0, 0.1) is 29.1 Å². The molecular weight excluding hydrogens is 420 g/mol. The summed E-state index contributed by atoms with van der Waals surface area (Å²) in [5.41, 5.74) is 0. The van der Waals surface area contributed by atoms with Gasteiger partial charge in [-0.25, -0.2) is 18.3 Å². The molecule has 0 aliphatic rings. The Kier molecular flexibility index (Phi) is 7.75. The van der Waals surface area contributed by atoms with E-state index in [2.05, 4.69) is 5.09 Å². The Hall–Kier alpha value is -2.45. The lowest BCUT2D eigenvalue weighted by molar-refractivity contribution is -0.149. The minimum Gasteiger partial charge on any atom is -0.462 e. The fourth-order valence-electron chi connectivity index (χ4n) is 1.94. The first-order valence-corrected chi connectivity index (χ1v) is 9.48. The standard InChI is InChI=1S/C18H17F5NO4P/c1-9(2)26-18(25)10(3)24-29(27-11-7-5-4-6-8-11)28-17-15(22)13(20)12(19)14(21)16(17)23/h4-10,24H,1-3H3/t10-,29?/m0/s1. The lowest BCUT2D eigenvalue weighted by Gasteiger charge is -2.23. The van der Waals surface area contributed by atoms with Crippen LogP contribution in [-0.4, -0.2) is 18.1 Å². The summed E-state index contributed by atoms with van der Waals surface area (Å²) < 4.78 is 83.4. The summed E-state index contributed by atoms with van der Waals surface area (Å²) in [4.78, 5) is 12.0. The molecule has 11 heteroatoms. The maximum absolute atomic E-state index is 14.0. The number of para-hydroxylation sites is 1. The molecule has 0 aromatic heterocycles. The van der Waals surface area contributed by atoms with Crippen LogP contribution < -0.4 is 14.1 Å². The van der Waals surface area contributed by atoms with Gasteiger partial charge in [-0.15, -0.1) is 0 Å². The van der Waals surface area contributed by atoms with Crippen LogP contribution in [0.1, 0.15) is 20.8 Å². The van der Waals surface area contributed by atoms with Crippen molar-refractivity contribution in [1.29, 1.82) is 0 Å². The number of ether oxygens (including phenoxy) is 1. The van der Waals surface area contributed by atoms with Gasteiger partial charge in [0, 0.05) is 0 Å². The molecule has 2 atom stereocenters. The predicted octanol–water partition coefficient (Wildman–Crippen LogP) is 5.00. The molecule has 0 radical (unpaired) electrons. The zero-order valence-electron chi connectivity index (χ0n) is 15.5. The van der Waals surface area contributed by atoms with Gasteiger partial charge in [-0.05, 0) is 32.9 Å². The minimum absolute atomic E-state index is 0.166. The van der Waals surface area contributed by atoms with Crippen molar-refractivity contribution in [3.05, 3.63) is 59.4 Å². The van der Waals surface area contributed by atoms with E-state index in [1.54, 1.807) is 32.0 Å². The summed E-state index contributed by atoms with van der Waals surface area (Å²) in [6.45, 7) is 4.58. The Balaban J connectivity index is 2.32. The summed E-state index contributed by atoms with van der Waals surface area (Å²) in [6.07, 6.45) is -0.441. The molecule has 2 aromatic carbocycles. The SMILES string of the molecule is CC(C)OC(=O)[C@H](C)NP(Oc1ccccc1)Oc1c(F)c(F)c(F)c(F)c1F. The molecule has 0 saturated heterocycles. The van der Waals surface area contributed by atoms with E-state index in [4.69, 9.17) is 13.8 Å². The second-order valence-electron chi connectivity index (χ2n) is 5.99. The van der Waals surface area contributed by atoms with Crippen LogP contribution in [0.15, 0.2) is 30.3 Å². The van der Waals surface area contributed by atoms with Crippen molar-refractivity contribution < 1.29 is 40.5 Å². The molecule has 2 rings (SSSR count). The van der Waals surface area contributed by atoms with Crippen molar-refractivity contribution in [2.75, 3.05) is 0 Å². The lowest BCUT2D eigenvalue weighted by Crippen LogP contribution is -2.35. The quantitative estimate of drug-likeness (QED) is 0.207. The van der Waals surface area contributed by atoms with E-state index >= 15 is 0 Å². The maximum Gasteiger partial charge on any atom is 0.382 e. The molecule has 5 nitrogen and oxygen atoms in total. The van der Waals surface area contributed by atoms with E-state index in [9.17, 15) is 26.7 Å². The van der Waals surface area contributed by atoms with Gasteiger partial charge in [0.25, 0.3) is 0 Å². The zero-order valence-corrected chi connectivity index (χ0v) is 16.4. The van der Waals surface area contributed by atoms with E-state index in [0.717, 1.165) is 0 Å². The van der Waals surface area contributed by atoms with Crippen LogP contribution in [-0.2, 0) is 9.53 Å². The minimum atomic E-state index is -2.56. The fourth-order valence-corrected chi connectivity index (χ4v) is 3.15. The molecule has 0 aliphatic heterocycles. The van der Waals surface area contributed by atoms with Gasteiger partial charge < -0.3 is 13.8 Å². The topological polar surface area (TPSA) is 56.8 Å². The number of halogens is 5. The average Bonchev–Trinajstić information content (AvgIpc) is 2.68. The molecule has 0 heterocycles. The van der Waals surface area contributed by atoms with Gasteiger partial charge in [0.15, 0.2) is 0 Å². The van der Waals surface area contributed by atoms with Crippen LogP contribution in [0.4, 0.5) is 22.0 Å². The van der Waals surface area contributed by atoms with E-state index in [1.807, 2.05) is 0 Å². The van der Waals surface area contributed by atoms with Crippen molar-refractivity contribution in [3.63, 3.8) is 0 Å². The second kappa shape index (κ2) is 9.84. The van der Waals surface area contributed by atoms with Crippen LogP contribution in [0.5, 0.6) is 11.5 Å². The normalized spacial score (nSPS) is 13.1. The van der Waals surface area contributed by atoms with Gasteiger partial charge in [0.1, 0.15) is 11.8 Å². The number of hydrogen-bond donors (Lipinski definition) is 1. The largest absolute Gasteiger partial charge is 0.462 e. The molecule has 0 amide bonds. The Morgan fingerprint density at radius 2 is 1.38 bits per heavy atom. The van der Waals surface area contributed by atoms with Crippen molar-refractivity contribution in [2.24, 2.45) is 0 Å². The fraction of sp³-hybridized carbons (Fsp3) is 0.278. The molecule has 29 heavy (non-hydrogen) atoms. The van der Waals surface area contributed by atoms with E-state index in [1.165, 1.54) is 19.1 Å². The van der Waals surface area contributed by atoms with E-state index in [-0.39, 0.29) is 5.75 Å². The number of rotatable bonds is 8. The number of esters is 1. The zero-order chi connectivity index (χ0) is 21.7. The van der Waals surface area contributed by atoms with Gasteiger partial charge >= 0.3 is 14.5 Å². The Labute approximate surface area is 164 Å². The molecule has 2 aromatic rings. The van der Waals surface area contributed by atoms with E-state index < -0.39 is 61.5 Å². The van der Waals surface area contributed by atoms with Crippen molar-refractivity contribution in [3.8, 4) is 11.5 Å². The first-order chi connectivity index (χ1) is 13.6. The highest BCUT2D eigenvalue weighted by Crippen LogP contribution is 2.41. The molecule has 1 unspecified atom stereocenters. The van der Waals surface area contributed by atoms with Gasteiger partial charge in [-0.2, -0.15) is 8.78 Å². The van der Waals surface area contributed by atoms with Gasteiger partial charge in [-0.3, -0.25) is 4.79 Å². The third-order valence-electron chi connectivity index (χ3n) is 3.28. The molecule has 0 bridgehead atoms. The predicted molar refractivity (Wildman–Crippen MR) is 94.7 cm³/mol. The molecule has 0 fully saturated rings. The molecule has 158 valence electrons. The number of carbonyl (C=O) groups is 1. The van der Waals surface area contributed by atoms with Crippen LogP contribution in [0.2, 0.25) is 0 Å². The summed E-state index contributed by atoms with van der Waals surface area (Å²) in [6, 6.07) is 6.69. The lowest BCUT2D eigenvalue weighted by atomic mass is 10.3. The van der Waals surface area contributed by atoms with Crippen LogP contribution in [0.25, 0.3) is 0 Å². The smallest absolute Gasteiger partial charge is 0.382 e. The number of carbonyl (C=O) groups excluding carboxylic acids is 1. The Morgan fingerprint density at radius 3 is 1.90 bits per heavy atom. The summed E-state index contributed by atoms with van der Waals surface area (Å²) in [5.74, 6) is -13.1. The Morgan fingerprint density at radius 1 is 0.862 bits per heavy atom. The van der Waals surface area contributed by atoms with Gasteiger partial charge in [-0.1, -0.05) is 18.2 Å². The Bertz CT molecular complexity index is 840. The second-order valence-corrected chi connectivity index (χ2v) is 7.13. The van der Waals surface area contributed by atoms with Gasteiger partial charge in [0.2, 0.25) is 34.8 Å². The van der Waals surface area contributed by atoms with Crippen molar-refractivity contribution in [2.45, 2.75) is 32.9 Å². The van der Waals surface area contributed by atoms with Crippen LogP contribution in [0.3, 0.4) is 0 Å². The molecule has 0 saturated carbocycles.